The molecule has 1 fully saturated rings. The first-order chi connectivity index (χ1) is 15.6. The minimum atomic E-state index is -0.720. The van der Waals surface area contributed by atoms with E-state index in [0.29, 0.717) is 17.9 Å². The molecule has 6 nitrogen and oxygen atoms in total. The molecule has 1 aliphatic heterocycles. The smallest absolute Gasteiger partial charge is 0.295 e. The first-order valence-corrected chi connectivity index (χ1v) is 10.5. The van der Waals surface area contributed by atoms with E-state index in [0.717, 1.165) is 16.3 Å². The molecule has 1 atom stereocenters. The van der Waals surface area contributed by atoms with E-state index in [2.05, 4.69) is 0 Å². The second-order valence-electron chi connectivity index (χ2n) is 7.51. The van der Waals surface area contributed by atoms with Gasteiger partial charge in [-0.25, -0.2) is 0 Å². The number of methoxy groups -OCH3 is 1. The van der Waals surface area contributed by atoms with Gasteiger partial charge in [0.15, 0.2) is 0 Å². The van der Waals surface area contributed by atoms with Crippen molar-refractivity contribution in [3.63, 3.8) is 0 Å². The lowest BCUT2D eigenvalue weighted by Crippen LogP contribution is -2.32. The van der Waals surface area contributed by atoms with Crippen molar-refractivity contribution < 1.29 is 24.2 Å². The topological polar surface area (TPSA) is 76.1 Å². The molecule has 6 heteroatoms. The highest BCUT2D eigenvalue weighted by molar-refractivity contribution is 6.46. The van der Waals surface area contributed by atoms with Gasteiger partial charge in [0.2, 0.25) is 0 Å². The monoisotopic (exact) mass is 431 g/mol. The van der Waals surface area contributed by atoms with E-state index in [4.69, 9.17) is 9.47 Å². The molecule has 164 valence electrons. The number of carbonyl (C=O) groups excluding carboxylic acids is 2. The fourth-order valence-electron chi connectivity index (χ4n) is 4.14. The number of amides is 1. The average molecular weight is 431 g/mol. The molecule has 1 heterocycles. The van der Waals surface area contributed by atoms with E-state index in [1.165, 1.54) is 4.90 Å². The maximum absolute atomic E-state index is 13.1. The third-order valence-corrected chi connectivity index (χ3v) is 5.63. The normalized spacial score (nSPS) is 17.8. The fourth-order valence-corrected chi connectivity index (χ4v) is 4.14. The Balaban J connectivity index is 1.89. The summed E-state index contributed by atoms with van der Waals surface area (Å²) >= 11 is 0. The van der Waals surface area contributed by atoms with Crippen molar-refractivity contribution in [3.05, 3.63) is 83.4 Å². The second-order valence-corrected chi connectivity index (χ2v) is 7.51. The zero-order valence-corrected chi connectivity index (χ0v) is 18.1. The molecular weight excluding hydrogens is 406 g/mol. The summed E-state index contributed by atoms with van der Waals surface area (Å²) in [5.41, 5.74) is 1.31. The number of nitrogens with zero attached hydrogens (tertiary/aromatic N) is 1. The van der Waals surface area contributed by atoms with Crippen LogP contribution in [-0.2, 0) is 14.3 Å². The maximum Gasteiger partial charge on any atom is 0.295 e. The first kappa shape index (κ1) is 21.6. The lowest BCUT2D eigenvalue weighted by Gasteiger charge is -2.26. The van der Waals surface area contributed by atoms with Crippen LogP contribution in [0.1, 0.15) is 24.1 Å². The number of hydrogen-bond acceptors (Lipinski definition) is 5. The molecule has 0 aromatic heterocycles. The highest BCUT2D eigenvalue weighted by Gasteiger charge is 2.46. The van der Waals surface area contributed by atoms with Gasteiger partial charge >= 0.3 is 0 Å². The summed E-state index contributed by atoms with van der Waals surface area (Å²) in [6, 6.07) is 19.7. The highest BCUT2D eigenvalue weighted by Crippen LogP contribution is 2.41. The number of likely N-dealkylation sites (tertiary alicyclic amines) is 1. The molecule has 1 aliphatic rings. The number of carbonyl (C=O) groups is 2. The molecule has 1 saturated heterocycles. The van der Waals surface area contributed by atoms with E-state index in [9.17, 15) is 14.7 Å². The third-order valence-electron chi connectivity index (χ3n) is 5.63. The molecule has 3 aromatic rings. The fraction of sp³-hybridized carbons (Fsp3) is 0.231. The number of ether oxygens (including phenoxy) is 2. The maximum atomic E-state index is 13.1. The molecule has 1 unspecified atom stereocenters. The van der Waals surface area contributed by atoms with Crippen LogP contribution in [0.15, 0.2) is 72.3 Å². The summed E-state index contributed by atoms with van der Waals surface area (Å²) in [6.45, 7) is 2.92. The van der Waals surface area contributed by atoms with Gasteiger partial charge in [0.25, 0.3) is 11.7 Å². The van der Waals surface area contributed by atoms with Gasteiger partial charge in [0.05, 0.1) is 24.8 Å². The van der Waals surface area contributed by atoms with E-state index in [1.54, 1.807) is 31.4 Å². The summed E-state index contributed by atoms with van der Waals surface area (Å²) in [4.78, 5) is 27.6. The molecule has 32 heavy (non-hydrogen) atoms. The third kappa shape index (κ3) is 3.85. The van der Waals surface area contributed by atoms with Crippen LogP contribution in [0.3, 0.4) is 0 Å². The molecule has 0 aliphatic carbocycles. The average Bonchev–Trinajstić information content (AvgIpc) is 3.07. The van der Waals surface area contributed by atoms with Crippen LogP contribution in [-0.4, -0.2) is 48.6 Å². The van der Waals surface area contributed by atoms with Crippen molar-refractivity contribution in [1.82, 2.24) is 4.90 Å². The summed E-state index contributed by atoms with van der Waals surface area (Å²) in [5.74, 6) is -0.891. The Morgan fingerprint density at radius 3 is 2.44 bits per heavy atom. The van der Waals surface area contributed by atoms with Crippen molar-refractivity contribution in [2.45, 2.75) is 13.0 Å². The number of aliphatic hydroxyl groups excluding tert-OH is 1. The minimum absolute atomic E-state index is 0.0756. The van der Waals surface area contributed by atoms with Crippen LogP contribution in [0.2, 0.25) is 0 Å². The first-order valence-electron chi connectivity index (χ1n) is 10.5. The zero-order valence-electron chi connectivity index (χ0n) is 18.1. The molecular formula is C26H25NO5. The number of ketones is 1. The molecule has 1 amide bonds. The standard InChI is InChI=1S/C26H25NO5/c1-3-32-19-13-11-18(12-14-19)24(28)22-23(27(15-16-31-2)26(30)25(22)29)21-10-6-8-17-7-4-5-9-20(17)21/h4-14,23,28H,3,15-16H2,1-2H3/b24-22-. The lowest BCUT2D eigenvalue weighted by molar-refractivity contribution is -0.140. The minimum Gasteiger partial charge on any atom is -0.507 e. The Morgan fingerprint density at radius 1 is 1.00 bits per heavy atom. The predicted octanol–water partition coefficient (Wildman–Crippen LogP) is 4.31. The Hall–Kier alpha value is -3.64. The van der Waals surface area contributed by atoms with Gasteiger partial charge < -0.3 is 19.5 Å². The number of benzene rings is 3. The summed E-state index contributed by atoms with van der Waals surface area (Å²) < 4.78 is 10.6. The van der Waals surface area contributed by atoms with E-state index in [1.807, 2.05) is 49.4 Å². The van der Waals surface area contributed by atoms with Crippen LogP contribution in [0.5, 0.6) is 5.75 Å². The van der Waals surface area contributed by atoms with Crippen LogP contribution >= 0.6 is 0 Å². The summed E-state index contributed by atoms with van der Waals surface area (Å²) in [5, 5.41) is 13.1. The Bertz CT molecular complexity index is 1180. The van der Waals surface area contributed by atoms with E-state index < -0.39 is 17.7 Å². The highest BCUT2D eigenvalue weighted by atomic mass is 16.5. The van der Waals surface area contributed by atoms with Gasteiger partial charge in [-0.05, 0) is 47.5 Å². The molecule has 0 bridgehead atoms. The Kier molecular flexibility index (Phi) is 6.23. The van der Waals surface area contributed by atoms with Crippen molar-refractivity contribution in [1.29, 1.82) is 0 Å². The van der Waals surface area contributed by atoms with Crippen LogP contribution in [0.4, 0.5) is 0 Å². The largest absolute Gasteiger partial charge is 0.507 e. The van der Waals surface area contributed by atoms with Crippen LogP contribution in [0.25, 0.3) is 16.5 Å². The molecule has 0 saturated carbocycles. The van der Waals surface area contributed by atoms with Crippen molar-refractivity contribution in [3.8, 4) is 5.75 Å². The van der Waals surface area contributed by atoms with Gasteiger partial charge in [-0.1, -0.05) is 42.5 Å². The van der Waals surface area contributed by atoms with Crippen LogP contribution < -0.4 is 4.74 Å². The van der Waals surface area contributed by atoms with Gasteiger partial charge in [-0.15, -0.1) is 0 Å². The molecule has 4 rings (SSSR count). The summed E-state index contributed by atoms with van der Waals surface area (Å²) in [6.07, 6.45) is 0. The molecule has 0 radical (unpaired) electrons. The molecule has 0 spiro atoms. The molecule has 1 N–H and O–H groups in total. The predicted molar refractivity (Wildman–Crippen MR) is 122 cm³/mol. The van der Waals surface area contributed by atoms with Crippen LogP contribution in [0, 0.1) is 0 Å². The SMILES string of the molecule is CCOc1ccc(/C(O)=C2/C(=O)C(=O)N(CCOC)C2c2cccc3ccccc23)cc1. The quantitative estimate of drug-likeness (QED) is 0.343. The van der Waals surface area contributed by atoms with Gasteiger partial charge in [0.1, 0.15) is 11.5 Å². The number of rotatable bonds is 7. The Morgan fingerprint density at radius 2 is 1.72 bits per heavy atom. The lowest BCUT2D eigenvalue weighted by atomic mass is 9.91. The van der Waals surface area contributed by atoms with E-state index in [-0.39, 0.29) is 24.5 Å². The molecule has 3 aromatic carbocycles. The zero-order chi connectivity index (χ0) is 22.7. The van der Waals surface area contributed by atoms with Crippen molar-refractivity contribution >= 4 is 28.2 Å². The second kappa shape index (κ2) is 9.24. The number of aliphatic hydroxyl groups is 1. The van der Waals surface area contributed by atoms with Gasteiger partial charge in [-0.3, -0.25) is 9.59 Å². The van der Waals surface area contributed by atoms with Crippen molar-refractivity contribution in [2.24, 2.45) is 0 Å². The number of hydrogen-bond donors (Lipinski definition) is 1. The summed E-state index contributed by atoms with van der Waals surface area (Å²) in [7, 11) is 1.55. The van der Waals surface area contributed by atoms with Gasteiger partial charge in [-0.2, -0.15) is 0 Å². The van der Waals surface area contributed by atoms with Crippen molar-refractivity contribution in [2.75, 3.05) is 26.9 Å². The van der Waals surface area contributed by atoms with E-state index >= 15 is 0 Å². The number of fused-ring (bicyclic) bond motifs is 1. The number of Topliss-reactive ketones (excluding diaryl/α,β-unsaturated/α-hetero) is 1. The van der Waals surface area contributed by atoms with Gasteiger partial charge in [0, 0.05) is 19.2 Å². The Labute approximate surface area is 186 Å².